The van der Waals surface area contributed by atoms with Crippen LogP contribution in [0.5, 0.6) is 0 Å². The maximum atomic E-state index is 12.2. The van der Waals surface area contributed by atoms with Crippen LogP contribution in [-0.4, -0.2) is 29.2 Å². The molecule has 9 heteroatoms. The Morgan fingerprint density at radius 3 is 2.61 bits per heavy atom. The maximum Gasteiger partial charge on any atom is 0.445 e. The van der Waals surface area contributed by atoms with Crippen LogP contribution < -0.4 is 10.6 Å². The molecule has 1 heterocycles. The number of halogens is 3. The van der Waals surface area contributed by atoms with E-state index in [0.717, 1.165) is 6.42 Å². The smallest absolute Gasteiger partial charge is 0.360 e. The van der Waals surface area contributed by atoms with Crippen molar-refractivity contribution in [3.05, 3.63) is 5.01 Å². The van der Waals surface area contributed by atoms with E-state index in [9.17, 15) is 18.0 Å². The summed E-state index contributed by atoms with van der Waals surface area (Å²) in [5.41, 5.74) is 0. The topological polar surface area (TPSA) is 66.9 Å². The van der Waals surface area contributed by atoms with E-state index in [-0.39, 0.29) is 24.0 Å². The molecule has 1 amide bonds. The van der Waals surface area contributed by atoms with Gasteiger partial charge in [-0.3, -0.25) is 4.79 Å². The Bertz CT molecular complexity index is 393. The van der Waals surface area contributed by atoms with Gasteiger partial charge in [-0.15, -0.1) is 10.2 Å². The average Bonchev–Trinajstić information content (AvgIpc) is 2.74. The van der Waals surface area contributed by atoms with Gasteiger partial charge in [0, 0.05) is 19.5 Å². The van der Waals surface area contributed by atoms with Crippen molar-refractivity contribution in [2.45, 2.75) is 25.9 Å². The zero-order valence-corrected chi connectivity index (χ0v) is 10.5. The minimum absolute atomic E-state index is 0.0608. The van der Waals surface area contributed by atoms with Crippen LogP contribution in [0.3, 0.4) is 0 Å². The molecular formula is C9H13F3N4OS. The highest BCUT2D eigenvalue weighted by Gasteiger charge is 2.35. The second kappa shape index (κ2) is 6.53. The number of hydrogen-bond acceptors (Lipinski definition) is 5. The molecule has 0 saturated carbocycles. The van der Waals surface area contributed by atoms with E-state index in [0.29, 0.717) is 17.9 Å². The molecule has 0 atom stereocenters. The summed E-state index contributed by atoms with van der Waals surface area (Å²) in [6.45, 7) is 2.75. The number of amides is 1. The van der Waals surface area contributed by atoms with Crippen molar-refractivity contribution in [3.8, 4) is 0 Å². The summed E-state index contributed by atoms with van der Waals surface area (Å²) in [6, 6.07) is 0. The van der Waals surface area contributed by atoms with Gasteiger partial charge >= 0.3 is 6.18 Å². The van der Waals surface area contributed by atoms with Gasteiger partial charge in [0.1, 0.15) is 0 Å². The number of carbonyl (C=O) groups is 1. The number of anilines is 1. The molecule has 0 aliphatic rings. The molecule has 102 valence electrons. The van der Waals surface area contributed by atoms with Crippen molar-refractivity contribution < 1.29 is 18.0 Å². The molecule has 0 bridgehead atoms. The summed E-state index contributed by atoms with van der Waals surface area (Å²) in [4.78, 5) is 11.2. The quantitative estimate of drug-likeness (QED) is 0.836. The van der Waals surface area contributed by atoms with Crippen LogP contribution in [0, 0.1) is 0 Å². The van der Waals surface area contributed by atoms with E-state index >= 15 is 0 Å². The van der Waals surface area contributed by atoms with Gasteiger partial charge in [-0.25, -0.2) is 0 Å². The first-order chi connectivity index (χ1) is 8.43. The third-order valence-electron chi connectivity index (χ3n) is 1.87. The van der Waals surface area contributed by atoms with Crippen molar-refractivity contribution in [2.75, 3.05) is 18.4 Å². The molecule has 1 aromatic heterocycles. The Morgan fingerprint density at radius 2 is 2.06 bits per heavy atom. The minimum atomic E-state index is -4.48. The van der Waals surface area contributed by atoms with Gasteiger partial charge in [0.25, 0.3) is 0 Å². The molecule has 0 aliphatic heterocycles. The molecule has 0 spiro atoms. The monoisotopic (exact) mass is 282 g/mol. The molecule has 0 aromatic carbocycles. The molecule has 0 fully saturated rings. The summed E-state index contributed by atoms with van der Waals surface area (Å²) >= 11 is 0.419. The zero-order chi connectivity index (χ0) is 13.6. The number of hydrogen-bond donors (Lipinski definition) is 2. The molecule has 0 saturated heterocycles. The average molecular weight is 282 g/mol. The van der Waals surface area contributed by atoms with Gasteiger partial charge < -0.3 is 10.6 Å². The Balaban J connectivity index is 2.32. The number of rotatable bonds is 6. The lowest BCUT2D eigenvalue weighted by molar-refractivity contribution is -0.138. The first-order valence-electron chi connectivity index (χ1n) is 5.34. The van der Waals surface area contributed by atoms with Crippen molar-refractivity contribution in [1.29, 1.82) is 0 Å². The van der Waals surface area contributed by atoms with Crippen LogP contribution >= 0.6 is 11.3 Å². The third kappa shape index (κ3) is 4.86. The van der Waals surface area contributed by atoms with E-state index in [2.05, 4.69) is 20.8 Å². The lowest BCUT2D eigenvalue weighted by atomic mass is 10.4. The molecule has 0 aliphatic carbocycles. The fourth-order valence-corrected chi connectivity index (χ4v) is 1.68. The normalized spacial score (nSPS) is 11.3. The van der Waals surface area contributed by atoms with E-state index in [1.54, 1.807) is 0 Å². The SMILES string of the molecule is CCCNC(=O)CCNc1nnc(C(F)(F)F)s1. The lowest BCUT2D eigenvalue weighted by Gasteiger charge is -2.03. The van der Waals surface area contributed by atoms with E-state index in [1.807, 2.05) is 6.92 Å². The van der Waals surface area contributed by atoms with Crippen LogP contribution in [0.2, 0.25) is 0 Å². The number of alkyl halides is 3. The second-order valence-corrected chi connectivity index (χ2v) is 4.41. The van der Waals surface area contributed by atoms with Crippen LogP contribution in [0.25, 0.3) is 0 Å². The predicted molar refractivity (Wildman–Crippen MR) is 61.3 cm³/mol. The highest BCUT2D eigenvalue weighted by atomic mass is 32.1. The van der Waals surface area contributed by atoms with Crippen molar-refractivity contribution >= 4 is 22.4 Å². The van der Waals surface area contributed by atoms with Gasteiger partial charge in [-0.05, 0) is 6.42 Å². The molecule has 0 unspecified atom stereocenters. The summed E-state index contributed by atoms with van der Waals surface area (Å²) < 4.78 is 36.6. The highest BCUT2D eigenvalue weighted by Crippen LogP contribution is 2.32. The Hall–Kier alpha value is -1.38. The molecule has 18 heavy (non-hydrogen) atoms. The van der Waals surface area contributed by atoms with Crippen LogP contribution in [0.4, 0.5) is 18.3 Å². The Morgan fingerprint density at radius 1 is 1.33 bits per heavy atom. The zero-order valence-electron chi connectivity index (χ0n) is 9.67. The molecule has 1 aromatic rings. The number of carbonyl (C=O) groups excluding carboxylic acids is 1. The summed E-state index contributed by atoms with van der Waals surface area (Å²) in [7, 11) is 0. The molecule has 0 radical (unpaired) electrons. The van der Waals surface area contributed by atoms with Crippen molar-refractivity contribution in [3.63, 3.8) is 0 Å². The van der Waals surface area contributed by atoms with E-state index in [4.69, 9.17) is 0 Å². The molecule has 1 rings (SSSR count). The summed E-state index contributed by atoms with van der Waals surface area (Å²) in [5, 5.41) is 10.7. The molecular weight excluding hydrogens is 269 g/mol. The van der Waals surface area contributed by atoms with Gasteiger partial charge in [0.05, 0.1) is 0 Å². The second-order valence-electron chi connectivity index (χ2n) is 3.44. The fraction of sp³-hybridized carbons (Fsp3) is 0.667. The van der Waals surface area contributed by atoms with E-state index < -0.39 is 11.2 Å². The van der Waals surface area contributed by atoms with Crippen LogP contribution in [-0.2, 0) is 11.0 Å². The molecule has 2 N–H and O–H groups in total. The van der Waals surface area contributed by atoms with Gasteiger partial charge in [0.15, 0.2) is 0 Å². The predicted octanol–water partition coefficient (Wildman–Crippen LogP) is 1.89. The van der Waals surface area contributed by atoms with Crippen molar-refractivity contribution in [2.24, 2.45) is 0 Å². The molecule has 5 nitrogen and oxygen atoms in total. The summed E-state index contributed by atoms with van der Waals surface area (Å²) in [6.07, 6.45) is -3.46. The van der Waals surface area contributed by atoms with Gasteiger partial charge in [-0.2, -0.15) is 13.2 Å². The van der Waals surface area contributed by atoms with Gasteiger partial charge in [-0.1, -0.05) is 18.3 Å². The lowest BCUT2D eigenvalue weighted by Crippen LogP contribution is -2.25. The van der Waals surface area contributed by atoms with Gasteiger partial charge in [0.2, 0.25) is 16.0 Å². The maximum absolute atomic E-state index is 12.2. The van der Waals surface area contributed by atoms with Crippen LogP contribution in [0.15, 0.2) is 0 Å². The van der Waals surface area contributed by atoms with E-state index in [1.165, 1.54) is 0 Å². The van der Waals surface area contributed by atoms with Crippen LogP contribution in [0.1, 0.15) is 24.8 Å². The first-order valence-corrected chi connectivity index (χ1v) is 6.16. The van der Waals surface area contributed by atoms with Crippen molar-refractivity contribution in [1.82, 2.24) is 15.5 Å². The first kappa shape index (κ1) is 14.7. The number of nitrogens with one attached hydrogen (secondary N) is 2. The Labute approximate surface area is 106 Å². The largest absolute Gasteiger partial charge is 0.445 e. The Kier molecular flexibility index (Phi) is 5.32. The fourth-order valence-electron chi connectivity index (χ4n) is 1.04. The highest BCUT2D eigenvalue weighted by molar-refractivity contribution is 7.15. The summed E-state index contributed by atoms with van der Waals surface area (Å²) in [5.74, 6) is -0.148. The minimum Gasteiger partial charge on any atom is -0.360 e. The standard InChI is InChI=1S/C9H13F3N4OS/c1-2-4-13-6(17)3-5-14-8-16-15-7(18-8)9(10,11)12/h2-5H2,1H3,(H,13,17)(H,14,16). The number of nitrogens with zero attached hydrogens (tertiary/aromatic N) is 2. The number of aromatic nitrogens is 2. The third-order valence-corrected chi connectivity index (χ3v) is 2.79.